The van der Waals surface area contributed by atoms with Gasteiger partial charge in [-0.3, -0.25) is 0 Å². The lowest BCUT2D eigenvalue weighted by Crippen LogP contribution is -3.14. The number of rotatable bonds is 4. The van der Waals surface area contributed by atoms with Gasteiger partial charge in [-0.05, 0) is 12.1 Å². The molecule has 3 rings (SSSR count). The third kappa shape index (κ3) is 2.63. The fourth-order valence-electron chi connectivity index (χ4n) is 2.30. The normalized spacial score (nSPS) is 17.1. The second-order valence-electron chi connectivity index (χ2n) is 4.64. The molecule has 0 aliphatic carbocycles. The third-order valence-electron chi connectivity index (χ3n) is 3.36. The van der Waals surface area contributed by atoms with Gasteiger partial charge in [-0.25, -0.2) is 4.98 Å². The zero-order valence-electron chi connectivity index (χ0n) is 10.4. The Bertz CT molecular complexity index is 471. The molecule has 1 saturated heterocycles. The Hall–Kier alpha value is -1.59. The number of para-hydroxylation sites is 2. The fourth-order valence-corrected chi connectivity index (χ4v) is 2.30. The lowest BCUT2D eigenvalue weighted by molar-refractivity contribution is -0.906. The molecule has 0 amide bonds. The number of hydrogen-bond donors (Lipinski definition) is 3. The van der Waals surface area contributed by atoms with E-state index in [4.69, 9.17) is 4.74 Å². The molecule has 5 heteroatoms. The summed E-state index contributed by atoms with van der Waals surface area (Å²) in [7, 11) is 0. The minimum absolute atomic E-state index is 0.865. The van der Waals surface area contributed by atoms with Gasteiger partial charge >= 0.3 is 0 Å². The number of benzene rings is 1. The minimum Gasteiger partial charge on any atom is -0.370 e. The highest BCUT2D eigenvalue weighted by Gasteiger charge is 2.12. The van der Waals surface area contributed by atoms with Gasteiger partial charge in [-0.2, -0.15) is 0 Å². The van der Waals surface area contributed by atoms with Gasteiger partial charge in [-0.15, -0.1) is 0 Å². The summed E-state index contributed by atoms with van der Waals surface area (Å²) >= 11 is 0. The summed E-state index contributed by atoms with van der Waals surface area (Å²) < 4.78 is 5.34. The van der Waals surface area contributed by atoms with Crippen molar-refractivity contribution in [2.75, 3.05) is 44.7 Å². The van der Waals surface area contributed by atoms with Gasteiger partial charge in [0.15, 0.2) is 0 Å². The van der Waals surface area contributed by atoms with Crippen LogP contribution in [0.4, 0.5) is 5.95 Å². The lowest BCUT2D eigenvalue weighted by Gasteiger charge is -2.23. The molecule has 0 radical (unpaired) electrons. The largest absolute Gasteiger partial charge is 0.370 e. The number of nitrogens with zero attached hydrogens (tertiary/aromatic N) is 1. The molecular weight excluding hydrogens is 228 g/mol. The molecule has 0 atom stereocenters. The Morgan fingerprint density at radius 2 is 2.11 bits per heavy atom. The maximum absolute atomic E-state index is 5.34. The van der Waals surface area contributed by atoms with Crippen LogP contribution in [0.5, 0.6) is 0 Å². The van der Waals surface area contributed by atoms with E-state index in [2.05, 4.69) is 15.3 Å². The first-order chi connectivity index (χ1) is 8.92. The van der Waals surface area contributed by atoms with E-state index in [0.29, 0.717) is 0 Å². The fraction of sp³-hybridized carbons (Fsp3) is 0.462. The standard InChI is InChI=1S/C13H18N4O/c1-2-4-12-11(3-1)15-13(16-12)14-5-6-17-7-9-18-10-8-17/h1-4H,5-10H2,(H2,14,15,16)/p+1. The van der Waals surface area contributed by atoms with Crippen molar-refractivity contribution in [2.24, 2.45) is 0 Å². The van der Waals surface area contributed by atoms with E-state index >= 15 is 0 Å². The van der Waals surface area contributed by atoms with Crippen LogP contribution in [0.1, 0.15) is 0 Å². The monoisotopic (exact) mass is 247 g/mol. The summed E-state index contributed by atoms with van der Waals surface area (Å²) in [6, 6.07) is 8.08. The summed E-state index contributed by atoms with van der Waals surface area (Å²) in [5.41, 5.74) is 2.09. The van der Waals surface area contributed by atoms with E-state index in [1.807, 2.05) is 24.3 Å². The molecule has 0 saturated carbocycles. The average Bonchev–Trinajstić information content (AvgIpc) is 2.82. The van der Waals surface area contributed by atoms with E-state index < -0.39 is 0 Å². The first-order valence-electron chi connectivity index (χ1n) is 6.52. The van der Waals surface area contributed by atoms with Gasteiger partial charge in [0.2, 0.25) is 5.95 Å². The molecule has 3 N–H and O–H groups in total. The van der Waals surface area contributed by atoms with Crippen LogP contribution in [-0.2, 0) is 4.74 Å². The van der Waals surface area contributed by atoms with Crippen molar-refractivity contribution < 1.29 is 9.64 Å². The third-order valence-corrected chi connectivity index (χ3v) is 3.36. The van der Waals surface area contributed by atoms with Crippen LogP contribution in [0.3, 0.4) is 0 Å². The van der Waals surface area contributed by atoms with Crippen LogP contribution in [-0.4, -0.2) is 49.4 Å². The number of quaternary nitrogens is 1. The zero-order valence-corrected chi connectivity index (χ0v) is 10.4. The van der Waals surface area contributed by atoms with Crippen LogP contribution >= 0.6 is 0 Å². The molecule has 1 fully saturated rings. The number of imidazole rings is 1. The molecule has 96 valence electrons. The molecule has 5 nitrogen and oxygen atoms in total. The van der Waals surface area contributed by atoms with Crippen molar-refractivity contribution in [3.63, 3.8) is 0 Å². The molecule has 0 bridgehead atoms. The Balaban J connectivity index is 1.53. The topological polar surface area (TPSA) is 54.4 Å². The number of H-pyrrole nitrogens is 1. The molecule has 1 aromatic heterocycles. The summed E-state index contributed by atoms with van der Waals surface area (Å²) in [6.45, 7) is 6.05. The van der Waals surface area contributed by atoms with Crippen LogP contribution in [0.25, 0.3) is 11.0 Å². The van der Waals surface area contributed by atoms with Gasteiger partial charge in [0, 0.05) is 0 Å². The van der Waals surface area contributed by atoms with Gasteiger partial charge in [-0.1, -0.05) is 12.1 Å². The zero-order chi connectivity index (χ0) is 12.2. The van der Waals surface area contributed by atoms with Crippen molar-refractivity contribution >= 4 is 17.0 Å². The molecule has 1 aliphatic heterocycles. The van der Waals surface area contributed by atoms with Crippen LogP contribution in [0.2, 0.25) is 0 Å². The smallest absolute Gasteiger partial charge is 0.201 e. The van der Waals surface area contributed by atoms with Crippen molar-refractivity contribution in [1.82, 2.24) is 9.97 Å². The number of nitrogens with one attached hydrogen (secondary N) is 3. The highest BCUT2D eigenvalue weighted by Crippen LogP contribution is 2.12. The summed E-state index contributed by atoms with van der Waals surface area (Å²) in [5.74, 6) is 0.865. The minimum atomic E-state index is 0.865. The number of aromatic nitrogens is 2. The van der Waals surface area contributed by atoms with E-state index in [1.54, 1.807) is 4.90 Å². The summed E-state index contributed by atoms with van der Waals surface area (Å²) in [6.07, 6.45) is 0. The molecule has 2 aromatic rings. The molecular formula is C13H19N4O+. The van der Waals surface area contributed by atoms with Crippen LogP contribution < -0.4 is 10.2 Å². The molecule has 18 heavy (non-hydrogen) atoms. The Morgan fingerprint density at radius 3 is 2.94 bits per heavy atom. The van der Waals surface area contributed by atoms with Gasteiger partial charge in [0.05, 0.1) is 37.3 Å². The van der Waals surface area contributed by atoms with Gasteiger partial charge in [0.25, 0.3) is 0 Å². The second kappa shape index (κ2) is 5.37. The van der Waals surface area contributed by atoms with E-state index in [-0.39, 0.29) is 0 Å². The quantitative estimate of drug-likeness (QED) is 0.706. The van der Waals surface area contributed by atoms with Crippen molar-refractivity contribution in [2.45, 2.75) is 0 Å². The SMILES string of the molecule is c1ccc2[nH]c(NCC[NH+]3CCOCC3)nc2c1. The highest BCUT2D eigenvalue weighted by atomic mass is 16.5. The van der Waals surface area contributed by atoms with E-state index in [1.165, 1.54) is 0 Å². The summed E-state index contributed by atoms with van der Waals surface area (Å²) in [4.78, 5) is 9.37. The highest BCUT2D eigenvalue weighted by molar-refractivity contribution is 5.77. The maximum atomic E-state index is 5.34. The van der Waals surface area contributed by atoms with Crippen LogP contribution in [0, 0.1) is 0 Å². The number of hydrogen-bond acceptors (Lipinski definition) is 3. The van der Waals surface area contributed by atoms with Crippen molar-refractivity contribution in [3.05, 3.63) is 24.3 Å². The number of anilines is 1. The molecule has 1 aromatic carbocycles. The molecule has 1 aliphatic rings. The Kier molecular flexibility index (Phi) is 3.43. The van der Waals surface area contributed by atoms with Gasteiger partial charge < -0.3 is 19.9 Å². The average molecular weight is 247 g/mol. The van der Waals surface area contributed by atoms with Gasteiger partial charge in [0.1, 0.15) is 13.1 Å². The number of aromatic amines is 1. The van der Waals surface area contributed by atoms with Crippen molar-refractivity contribution in [1.29, 1.82) is 0 Å². The molecule has 2 heterocycles. The predicted molar refractivity (Wildman–Crippen MR) is 71.0 cm³/mol. The Labute approximate surface area is 106 Å². The molecule has 0 unspecified atom stereocenters. The Morgan fingerprint density at radius 1 is 1.28 bits per heavy atom. The second-order valence-corrected chi connectivity index (χ2v) is 4.64. The number of fused-ring (bicyclic) bond motifs is 1. The van der Waals surface area contributed by atoms with Crippen LogP contribution in [0.15, 0.2) is 24.3 Å². The first kappa shape index (κ1) is 11.5. The number of morpholine rings is 1. The number of ether oxygens (including phenoxy) is 1. The lowest BCUT2D eigenvalue weighted by atomic mass is 10.3. The maximum Gasteiger partial charge on any atom is 0.201 e. The van der Waals surface area contributed by atoms with E-state index in [0.717, 1.165) is 56.4 Å². The summed E-state index contributed by atoms with van der Waals surface area (Å²) in [5, 5.41) is 3.35. The van der Waals surface area contributed by atoms with Crippen molar-refractivity contribution in [3.8, 4) is 0 Å². The molecule has 0 spiro atoms. The predicted octanol–water partition coefficient (Wildman–Crippen LogP) is -0.110. The first-order valence-corrected chi connectivity index (χ1v) is 6.52. The van der Waals surface area contributed by atoms with E-state index in [9.17, 15) is 0 Å².